The molecule has 2 fully saturated rings. The van der Waals surface area contributed by atoms with Crippen LogP contribution in [0.2, 0.25) is 0 Å². The summed E-state index contributed by atoms with van der Waals surface area (Å²) in [6.07, 6.45) is 3.33. The van der Waals surface area contributed by atoms with Gasteiger partial charge < -0.3 is 15.5 Å². The lowest BCUT2D eigenvalue weighted by molar-refractivity contribution is -0.123. The SMILES string of the molecule is CC1NC(=O)CCC1NC(=O)c1ccc(N2CCCC2)c(C#N)c1. The van der Waals surface area contributed by atoms with Gasteiger partial charge in [0, 0.05) is 37.2 Å². The van der Waals surface area contributed by atoms with Crippen molar-refractivity contribution >= 4 is 17.5 Å². The molecule has 2 aliphatic heterocycles. The zero-order chi connectivity index (χ0) is 17.1. The summed E-state index contributed by atoms with van der Waals surface area (Å²) in [6, 6.07) is 7.34. The number of hydrogen-bond acceptors (Lipinski definition) is 4. The first-order chi connectivity index (χ1) is 11.6. The van der Waals surface area contributed by atoms with E-state index in [0.29, 0.717) is 24.0 Å². The molecule has 6 heteroatoms. The van der Waals surface area contributed by atoms with Gasteiger partial charge in [0.25, 0.3) is 5.91 Å². The summed E-state index contributed by atoms with van der Waals surface area (Å²) in [5, 5.41) is 15.2. The number of rotatable bonds is 3. The van der Waals surface area contributed by atoms with Gasteiger partial charge in [-0.1, -0.05) is 0 Å². The minimum absolute atomic E-state index is 0.0229. The van der Waals surface area contributed by atoms with E-state index in [0.717, 1.165) is 31.6 Å². The number of piperidine rings is 1. The molecule has 126 valence electrons. The number of nitrogens with zero attached hydrogens (tertiary/aromatic N) is 2. The molecule has 0 aromatic heterocycles. The quantitative estimate of drug-likeness (QED) is 0.882. The molecule has 2 unspecified atom stereocenters. The van der Waals surface area contributed by atoms with E-state index in [1.54, 1.807) is 12.1 Å². The minimum atomic E-state index is -0.201. The fourth-order valence-electron chi connectivity index (χ4n) is 3.41. The smallest absolute Gasteiger partial charge is 0.251 e. The molecule has 6 nitrogen and oxygen atoms in total. The highest BCUT2D eigenvalue weighted by atomic mass is 16.2. The Kier molecular flexibility index (Phi) is 4.70. The van der Waals surface area contributed by atoms with E-state index in [-0.39, 0.29) is 23.9 Å². The molecule has 2 amide bonds. The number of nitriles is 1. The molecule has 0 bridgehead atoms. The monoisotopic (exact) mass is 326 g/mol. The average Bonchev–Trinajstić information content (AvgIpc) is 3.11. The molecular formula is C18H22N4O2. The Morgan fingerprint density at radius 2 is 2.12 bits per heavy atom. The number of benzene rings is 1. The van der Waals surface area contributed by atoms with E-state index in [2.05, 4.69) is 21.6 Å². The fourth-order valence-corrected chi connectivity index (χ4v) is 3.41. The second-order valence-electron chi connectivity index (χ2n) is 6.51. The van der Waals surface area contributed by atoms with Gasteiger partial charge in [-0.15, -0.1) is 0 Å². The molecule has 2 atom stereocenters. The van der Waals surface area contributed by atoms with Crippen molar-refractivity contribution < 1.29 is 9.59 Å². The Labute approximate surface area is 141 Å². The Bertz CT molecular complexity index is 689. The van der Waals surface area contributed by atoms with E-state index in [1.165, 1.54) is 0 Å². The van der Waals surface area contributed by atoms with E-state index in [4.69, 9.17) is 0 Å². The molecule has 0 spiro atoms. The standard InChI is InChI=1S/C18H22N4O2/c1-12-15(5-7-17(23)20-12)21-18(24)13-4-6-16(14(10-13)11-19)22-8-2-3-9-22/h4,6,10,12,15H,2-3,5,7-9H2,1H3,(H,20,23)(H,21,24). The van der Waals surface area contributed by atoms with Gasteiger partial charge in [-0.05, 0) is 44.4 Å². The van der Waals surface area contributed by atoms with Crippen LogP contribution in [0.3, 0.4) is 0 Å². The second-order valence-corrected chi connectivity index (χ2v) is 6.51. The maximum absolute atomic E-state index is 12.5. The van der Waals surface area contributed by atoms with Crippen molar-refractivity contribution in [3.05, 3.63) is 29.3 Å². The van der Waals surface area contributed by atoms with Crippen molar-refractivity contribution in [1.29, 1.82) is 5.26 Å². The summed E-state index contributed by atoms with van der Waals surface area (Å²) in [5.41, 5.74) is 1.93. The Hall–Kier alpha value is -2.55. The van der Waals surface area contributed by atoms with Crippen molar-refractivity contribution in [2.24, 2.45) is 0 Å². The van der Waals surface area contributed by atoms with Gasteiger partial charge in [0.05, 0.1) is 11.3 Å². The lowest BCUT2D eigenvalue weighted by atomic mass is 9.98. The van der Waals surface area contributed by atoms with E-state index in [9.17, 15) is 14.9 Å². The van der Waals surface area contributed by atoms with Gasteiger partial charge >= 0.3 is 0 Å². The van der Waals surface area contributed by atoms with Crippen LogP contribution in [-0.2, 0) is 4.79 Å². The summed E-state index contributed by atoms with van der Waals surface area (Å²) >= 11 is 0. The molecular weight excluding hydrogens is 304 g/mol. The van der Waals surface area contributed by atoms with Crippen molar-refractivity contribution in [3.8, 4) is 6.07 Å². The van der Waals surface area contributed by atoms with Crippen LogP contribution in [0, 0.1) is 11.3 Å². The van der Waals surface area contributed by atoms with Crippen molar-refractivity contribution in [1.82, 2.24) is 10.6 Å². The molecule has 24 heavy (non-hydrogen) atoms. The third kappa shape index (κ3) is 3.35. The van der Waals surface area contributed by atoms with Gasteiger partial charge in [0.1, 0.15) is 6.07 Å². The zero-order valence-electron chi connectivity index (χ0n) is 13.8. The van der Waals surface area contributed by atoms with Gasteiger partial charge in [-0.3, -0.25) is 9.59 Å². The first-order valence-corrected chi connectivity index (χ1v) is 8.48. The largest absolute Gasteiger partial charge is 0.370 e. The van der Waals surface area contributed by atoms with Crippen molar-refractivity contribution in [2.45, 2.75) is 44.7 Å². The fraction of sp³-hybridized carbons (Fsp3) is 0.500. The molecule has 3 rings (SSSR count). The maximum Gasteiger partial charge on any atom is 0.251 e. The number of carbonyl (C=O) groups excluding carboxylic acids is 2. The highest BCUT2D eigenvalue weighted by molar-refractivity contribution is 5.95. The summed E-state index contributed by atoms with van der Waals surface area (Å²) in [4.78, 5) is 26.0. The molecule has 1 aromatic carbocycles. The Morgan fingerprint density at radius 1 is 1.38 bits per heavy atom. The van der Waals surface area contributed by atoms with Crippen LogP contribution in [0.25, 0.3) is 0 Å². The molecule has 2 saturated heterocycles. The van der Waals surface area contributed by atoms with E-state index < -0.39 is 0 Å². The molecule has 2 heterocycles. The summed E-state index contributed by atoms with van der Waals surface area (Å²) in [5.74, 6) is -0.179. The van der Waals surface area contributed by atoms with Gasteiger partial charge in [0.2, 0.25) is 5.91 Å². The van der Waals surface area contributed by atoms with Crippen LogP contribution in [0.4, 0.5) is 5.69 Å². The van der Waals surface area contributed by atoms with Crippen LogP contribution in [0.5, 0.6) is 0 Å². The number of carbonyl (C=O) groups is 2. The maximum atomic E-state index is 12.5. The number of amides is 2. The highest BCUT2D eigenvalue weighted by Gasteiger charge is 2.27. The summed E-state index contributed by atoms with van der Waals surface area (Å²) in [6.45, 7) is 3.80. The molecule has 0 aliphatic carbocycles. The highest BCUT2D eigenvalue weighted by Crippen LogP contribution is 2.25. The third-order valence-electron chi connectivity index (χ3n) is 4.82. The normalized spacial score (nSPS) is 23.5. The molecule has 2 aliphatic rings. The minimum Gasteiger partial charge on any atom is -0.370 e. The Morgan fingerprint density at radius 3 is 2.79 bits per heavy atom. The number of hydrogen-bond donors (Lipinski definition) is 2. The van der Waals surface area contributed by atoms with Gasteiger partial charge in [-0.2, -0.15) is 5.26 Å². The van der Waals surface area contributed by atoms with Crippen LogP contribution in [0.1, 0.15) is 48.5 Å². The lowest BCUT2D eigenvalue weighted by Crippen LogP contribution is -2.53. The number of anilines is 1. The summed E-state index contributed by atoms with van der Waals surface area (Å²) < 4.78 is 0. The first-order valence-electron chi connectivity index (χ1n) is 8.48. The van der Waals surface area contributed by atoms with Crippen molar-refractivity contribution in [2.75, 3.05) is 18.0 Å². The lowest BCUT2D eigenvalue weighted by Gasteiger charge is -2.30. The van der Waals surface area contributed by atoms with Crippen LogP contribution in [-0.4, -0.2) is 37.0 Å². The van der Waals surface area contributed by atoms with Crippen LogP contribution < -0.4 is 15.5 Å². The van der Waals surface area contributed by atoms with Crippen LogP contribution in [0.15, 0.2) is 18.2 Å². The van der Waals surface area contributed by atoms with E-state index >= 15 is 0 Å². The zero-order valence-corrected chi connectivity index (χ0v) is 13.8. The topological polar surface area (TPSA) is 85.2 Å². The van der Waals surface area contributed by atoms with Crippen molar-refractivity contribution in [3.63, 3.8) is 0 Å². The summed E-state index contributed by atoms with van der Waals surface area (Å²) in [7, 11) is 0. The predicted octanol–water partition coefficient (Wildman–Crippen LogP) is 1.56. The first kappa shape index (κ1) is 16.3. The predicted molar refractivity (Wildman–Crippen MR) is 90.7 cm³/mol. The van der Waals surface area contributed by atoms with Crippen LogP contribution >= 0.6 is 0 Å². The molecule has 1 aromatic rings. The van der Waals surface area contributed by atoms with Gasteiger partial charge in [0.15, 0.2) is 0 Å². The Balaban J connectivity index is 1.73. The molecule has 0 radical (unpaired) electrons. The second kappa shape index (κ2) is 6.91. The molecule has 2 N–H and O–H groups in total. The molecule has 0 saturated carbocycles. The number of nitrogens with one attached hydrogen (secondary N) is 2. The van der Waals surface area contributed by atoms with Gasteiger partial charge in [-0.25, -0.2) is 0 Å². The average molecular weight is 326 g/mol. The third-order valence-corrected chi connectivity index (χ3v) is 4.82. The van der Waals surface area contributed by atoms with E-state index in [1.807, 2.05) is 13.0 Å².